The standard InChI is InChI=1S/C16H16FNO2/c1-9(2)14-7-11(17)5-10-6-12-3-4-13(8-15(19)20)18(12)16(10)14/h5-7,13H,1,3-4,8H2,2H3,(H,19,20). The topological polar surface area (TPSA) is 42.2 Å². The van der Waals surface area contributed by atoms with Crippen LogP contribution >= 0.6 is 0 Å². The summed E-state index contributed by atoms with van der Waals surface area (Å²) in [6.07, 6.45) is 1.76. The van der Waals surface area contributed by atoms with Crippen molar-refractivity contribution in [3.63, 3.8) is 0 Å². The lowest BCUT2D eigenvalue weighted by Crippen LogP contribution is -2.10. The van der Waals surface area contributed by atoms with Crippen LogP contribution in [0.5, 0.6) is 0 Å². The van der Waals surface area contributed by atoms with Crippen molar-refractivity contribution in [1.82, 2.24) is 4.57 Å². The van der Waals surface area contributed by atoms with Crippen LogP contribution < -0.4 is 0 Å². The van der Waals surface area contributed by atoms with Crippen molar-refractivity contribution < 1.29 is 14.3 Å². The summed E-state index contributed by atoms with van der Waals surface area (Å²) < 4.78 is 15.7. The summed E-state index contributed by atoms with van der Waals surface area (Å²) in [6.45, 7) is 5.75. The second-order valence-electron chi connectivity index (χ2n) is 5.47. The Bertz CT molecular complexity index is 730. The highest BCUT2D eigenvalue weighted by molar-refractivity contribution is 5.92. The first-order chi connectivity index (χ1) is 9.47. The van der Waals surface area contributed by atoms with Crippen molar-refractivity contribution in [2.24, 2.45) is 0 Å². The minimum Gasteiger partial charge on any atom is -0.481 e. The van der Waals surface area contributed by atoms with Gasteiger partial charge in [0.2, 0.25) is 0 Å². The number of benzene rings is 1. The third kappa shape index (κ3) is 1.92. The number of aromatic nitrogens is 1. The van der Waals surface area contributed by atoms with E-state index in [-0.39, 0.29) is 18.3 Å². The first-order valence-corrected chi connectivity index (χ1v) is 6.68. The van der Waals surface area contributed by atoms with E-state index in [1.165, 1.54) is 12.1 Å². The first-order valence-electron chi connectivity index (χ1n) is 6.68. The Balaban J connectivity index is 2.26. The first kappa shape index (κ1) is 12.9. The van der Waals surface area contributed by atoms with E-state index >= 15 is 0 Å². The van der Waals surface area contributed by atoms with E-state index in [1.54, 1.807) is 0 Å². The van der Waals surface area contributed by atoms with Gasteiger partial charge in [0.05, 0.1) is 11.9 Å². The van der Waals surface area contributed by atoms with E-state index in [4.69, 9.17) is 5.11 Å². The molecule has 20 heavy (non-hydrogen) atoms. The second-order valence-corrected chi connectivity index (χ2v) is 5.47. The Morgan fingerprint density at radius 2 is 2.25 bits per heavy atom. The molecule has 0 bridgehead atoms. The Labute approximate surface area is 116 Å². The van der Waals surface area contributed by atoms with Gasteiger partial charge < -0.3 is 9.67 Å². The van der Waals surface area contributed by atoms with Crippen molar-refractivity contribution in [1.29, 1.82) is 0 Å². The van der Waals surface area contributed by atoms with Gasteiger partial charge in [-0.25, -0.2) is 4.39 Å². The van der Waals surface area contributed by atoms with E-state index in [1.807, 2.05) is 13.0 Å². The molecule has 0 fully saturated rings. The van der Waals surface area contributed by atoms with Crippen LogP contribution in [0.3, 0.4) is 0 Å². The van der Waals surface area contributed by atoms with Gasteiger partial charge in [0.1, 0.15) is 5.82 Å². The molecule has 2 heterocycles. The van der Waals surface area contributed by atoms with Crippen LogP contribution in [0.1, 0.15) is 37.1 Å². The lowest BCUT2D eigenvalue weighted by Gasteiger charge is -2.15. The van der Waals surface area contributed by atoms with Gasteiger partial charge in [-0.05, 0) is 43.5 Å². The van der Waals surface area contributed by atoms with Gasteiger partial charge in [-0.2, -0.15) is 0 Å². The average Bonchev–Trinajstić information content (AvgIpc) is 2.87. The van der Waals surface area contributed by atoms with Gasteiger partial charge in [-0.15, -0.1) is 0 Å². The summed E-state index contributed by atoms with van der Waals surface area (Å²) in [7, 11) is 0. The van der Waals surface area contributed by atoms with Crippen molar-refractivity contribution in [2.75, 3.05) is 0 Å². The number of aliphatic carboxylic acids is 1. The molecule has 0 saturated heterocycles. The van der Waals surface area contributed by atoms with E-state index in [9.17, 15) is 9.18 Å². The van der Waals surface area contributed by atoms with Crippen molar-refractivity contribution in [2.45, 2.75) is 32.2 Å². The SMILES string of the molecule is C=C(C)c1cc(F)cc2cc3n(c12)C(CC(=O)O)CC3. The molecule has 2 aromatic rings. The number of hydrogen-bond acceptors (Lipinski definition) is 1. The fraction of sp³-hybridized carbons (Fsp3) is 0.312. The zero-order chi connectivity index (χ0) is 14.4. The maximum atomic E-state index is 13.7. The van der Waals surface area contributed by atoms with Crippen molar-refractivity contribution >= 4 is 22.4 Å². The molecule has 1 aliphatic heterocycles. The molecular formula is C16H16FNO2. The summed E-state index contributed by atoms with van der Waals surface area (Å²) in [5.41, 5.74) is 3.55. The van der Waals surface area contributed by atoms with Crippen LogP contribution in [0.15, 0.2) is 24.8 Å². The molecule has 1 aliphatic rings. The Kier molecular flexibility index (Phi) is 2.89. The normalized spacial score (nSPS) is 17.4. The molecule has 1 N–H and O–H groups in total. The Morgan fingerprint density at radius 1 is 1.50 bits per heavy atom. The Morgan fingerprint density at radius 3 is 2.90 bits per heavy atom. The van der Waals surface area contributed by atoms with Gasteiger partial charge in [0.15, 0.2) is 0 Å². The number of allylic oxidation sites excluding steroid dienone is 1. The summed E-state index contributed by atoms with van der Waals surface area (Å²) in [6, 6.07) is 4.90. The summed E-state index contributed by atoms with van der Waals surface area (Å²) in [4.78, 5) is 11.0. The van der Waals surface area contributed by atoms with Crippen LogP contribution in [-0.4, -0.2) is 15.6 Å². The number of carboxylic acid groups (broad SMARTS) is 1. The van der Waals surface area contributed by atoms with Crippen molar-refractivity contribution in [3.8, 4) is 0 Å². The maximum absolute atomic E-state index is 13.7. The summed E-state index contributed by atoms with van der Waals surface area (Å²) >= 11 is 0. The minimum atomic E-state index is -0.802. The fourth-order valence-electron chi connectivity index (χ4n) is 3.17. The lowest BCUT2D eigenvalue weighted by atomic mass is 10.0. The van der Waals surface area contributed by atoms with E-state index in [2.05, 4.69) is 11.1 Å². The molecule has 1 aromatic heterocycles. The molecule has 0 aliphatic carbocycles. The fourth-order valence-corrected chi connectivity index (χ4v) is 3.17. The van der Waals surface area contributed by atoms with E-state index < -0.39 is 5.97 Å². The third-order valence-electron chi connectivity index (χ3n) is 3.95. The van der Waals surface area contributed by atoms with Gasteiger partial charge in [0, 0.05) is 22.7 Å². The van der Waals surface area contributed by atoms with Gasteiger partial charge in [0.25, 0.3) is 0 Å². The molecule has 0 radical (unpaired) electrons. The highest BCUT2D eigenvalue weighted by Gasteiger charge is 2.27. The van der Waals surface area contributed by atoms with Gasteiger partial charge >= 0.3 is 5.97 Å². The zero-order valence-corrected chi connectivity index (χ0v) is 11.3. The highest BCUT2D eigenvalue weighted by atomic mass is 19.1. The van der Waals surface area contributed by atoms with Crippen LogP contribution in [-0.2, 0) is 11.2 Å². The molecule has 4 heteroatoms. The summed E-state index contributed by atoms with van der Waals surface area (Å²) in [5, 5.41) is 9.87. The van der Waals surface area contributed by atoms with Crippen LogP contribution in [0.2, 0.25) is 0 Å². The minimum absolute atomic E-state index is 0.0523. The molecule has 1 unspecified atom stereocenters. The van der Waals surface area contributed by atoms with Gasteiger partial charge in [-0.3, -0.25) is 4.79 Å². The second kappa shape index (κ2) is 4.47. The predicted molar refractivity (Wildman–Crippen MR) is 76.2 cm³/mol. The number of hydrogen-bond donors (Lipinski definition) is 1. The third-order valence-corrected chi connectivity index (χ3v) is 3.95. The maximum Gasteiger partial charge on any atom is 0.305 e. The number of carboxylic acids is 1. The molecule has 0 amide bonds. The van der Waals surface area contributed by atoms with Crippen LogP contribution in [0.4, 0.5) is 4.39 Å². The molecule has 1 aromatic carbocycles. The molecule has 1 atom stereocenters. The molecule has 3 nitrogen and oxygen atoms in total. The number of halogens is 1. The van der Waals surface area contributed by atoms with Crippen LogP contribution in [0.25, 0.3) is 16.5 Å². The largest absolute Gasteiger partial charge is 0.481 e. The Hall–Kier alpha value is -2.10. The molecule has 3 rings (SSSR count). The lowest BCUT2D eigenvalue weighted by molar-refractivity contribution is -0.137. The molecule has 0 spiro atoms. The monoisotopic (exact) mass is 273 g/mol. The zero-order valence-electron chi connectivity index (χ0n) is 11.3. The van der Waals surface area contributed by atoms with Crippen LogP contribution in [0, 0.1) is 5.82 Å². The smallest absolute Gasteiger partial charge is 0.305 e. The average molecular weight is 273 g/mol. The predicted octanol–water partition coefficient (Wildman–Crippen LogP) is 3.78. The summed E-state index contributed by atoms with van der Waals surface area (Å²) in [5.74, 6) is -1.08. The number of aryl methyl sites for hydroxylation is 1. The highest BCUT2D eigenvalue weighted by Crippen LogP contribution is 2.38. The number of rotatable bonds is 3. The molecule has 104 valence electrons. The van der Waals surface area contributed by atoms with Crippen molar-refractivity contribution in [3.05, 3.63) is 41.9 Å². The number of carbonyl (C=O) groups is 1. The van der Waals surface area contributed by atoms with E-state index in [0.29, 0.717) is 0 Å². The molecule has 0 saturated carbocycles. The van der Waals surface area contributed by atoms with E-state index in [0.717, 1.165) is 40.6 Å². The van der Waals surface area contributed by atoms with Gasteiger partial charge in [-0.1, -0.05) is 6.58 Å². The number of nitrogens with zero attached hydrogens (tertiary/aromatic N) is 1. The quantitative estimate of drug-likeness (QED) is 0.924. The number of fused-ring (bicyclic) bond motifs is 3. The molecular weight excluding hydrogens is 257 g/mol.